The molecule has 0 unspecified atom stereocenters. The molecule has 1 atom stereocenters. The van der Waals surface area contributed by atoms with Gasteiger partial charge in [0.05, 0.1) is 6.04 Å². The summed E-state index contributed by atoms with van der Waals surface area (Å²) in [6, 6.07) is 28.8. The lowest BCUT2D eigenvalue weighted by Gasteiger charge is -2.31. The van der Waals surface area contributed by atoms with Crippen molar-refractivity contribution in [2.45, 2.75) is 30.7 Å². The van der Waals surface area contributed by atoms with E-state index in [0.717, 1.165) is 48.9 Å². The Labute approximate surface area is 212 Å². The third-order valence-electron chi connectivity index (χ3n) is 6.32. The summed E-state index contributed by atoms with van der Waals surface area (Å²) in [7, 11) is 0. The van der Waals surface area contributed by atoms with E-state index in [9.17, 15) is 9.59 Å². The average Bonchev–Trinajstić information content (AvgIpc) is 3.06. The number of amides is 2. The Morgan fingerprint density at radius 1 is 0.914 bits per heavy atom. The minimum Gasteiger partial charge on any atom is -0.333 e. The summed E-state index contributed by atoms with van der Waals surface area (Å²) in [6.07, 6.45) is 1.55. The Morgan fingerprint density at radius 2 is 1.60 bits per heavy atom. The van der Waals surface area contributed by atoms with Crippen molar-refractivity contribution in [2.75, 3.05) is 37.2 Å². The first-order valence-electron chi connectivity index (χ1n) is 12.2. The van der Waals surface area contributed by atoms with Crippen LogP contribution in [0.15, 0.2) is 89.8 Å². The van der Waals surface area contributed by atoms with Crippen LogP contribution in [0.4, 0.5) is 5.69 Å². The van der Waals surface area contributed by atoms with E-state index in [4.69, 9.17) is 0 Å². The van der Waals surface area contributed by atoms with Gasteiger partial charge in [-0.25, -0.2) is 0 Å². The molecule has 0 bridgehead atoms. The first-order chi connectivity index (χ1) is 17.1. The number of hydrogen-bond donors (Lipinski definition) is 1. The van der Waals surface area contributed by atoms with Crippen LogP contribution in [0.3, 0.4) is 0 Å². The average molecular weight is 488 g/mol. The number of benzene rings is 3. The highest BCUT2D eigenvalue weighted by atomic mass is 32.2. The van der Waals surface area contributed by atoms with Crippen molar-refractivity contribution in [2.24, 2.45) is 0 Å². The summed E-state index contributed by atoms with van der Waals surface area (Å²) in [6.45, 7) is 4.90. The molecule has 0 aromatic heterocycles. The van der Waals surface area contributed by atoms with Crippen molar-refractivity contribution in [3.63, 3.8) is 0 Å². The van der Waals surface area contributed by atoms with Crippen LogP contribution in [0.1, 0.15) is 30.5 Å². The molecule has 1 aliphatic heterocycles. The molecule has 2 amide bonds. The fraction of sp³-hybridized carbons (Fsp3) is 0.310. The van der Waals surface area contributed by atoms with E-state index in [-0.39, 0.29) is 17.9 Å². The molecule has 3 aromatic carbocycles. The maximum atomic E-state index is 13.3. The van der Waals surface area contributed by atoms with Crippen LogP contribution >= 0.6 is 11.8 Å². The molecule has 35 heavy (non-hydrogen) atoms. The summed E-state index contributed by atoms with van der Waals surface area (Å²) >= 11 is 1.74. The second-order valence-electron chi connectivity index (χ2n) is 8.86. The third-order valence-corrected chi connectivity index (χ3v) is 7.41. The van der Waals surface area contributed by atoms with Gasteiger partial charge in [-0.1, -0.05) is 60.7 Å². The Kier molecular flexibility index (Phi) is 8.98. The van der Waals surface area contributed by atoms with Crippen molar-refractivity contribution < 1.29 is 9.59 Å². The molecule has 0 saturated carbocycles. The molecule has 1 fully saturated rings. The SMILES string of the molecule is CC(=O)Nc1ccc(SC[C@@H](c2ccccc2)N2CCN(CCc3ccccc3)CCC2=O)cc1. The quantitative estimate of drug-likeness (QED) is 0.419. The molecule has 5 nitrogen and oxygen atoms in total. The van der Waals surface area contributed by atoms with Crippen molar-refractivity contribution in [1.29, 1.82) is 0 Å². The Balaban J connectivity index is 1.42. The van der Waals surface area contributed by atoms with E-state index >= 15 is 0 Å². The van der Waals surface area contributed by atoms with E-state index in [2.05, 4.69) is 51.5 Å². The topological polar surface area (TPSA) is 52.7 Å². The van der Waals surface area contributed by atoms with Gasteiger partial charge in [0.2, 0.25) is 11.8 Å². The Morgan fingerprint density at radius 3 is 2.29 bits per heavy atom. The first kappa shape index (κ1) is 25.0. The highest BCUT2D eigenvalue weighted by Gasteiger charge is 2.28. The summed E-state index contributed by atoms with van der Waals surface area (Å²) in [5.74, 6) is 0.925. The lowest BCUT2D eigenvalue weighted by molar-refractivity contribution is -0.132. The van der Waals surface area contributed by atoms with E-state index in [1.54, 1.807) is 11.8 Å². The number of anilines is 1. The summed E-state index contributed by atoms with van der Waals surface area (Å²) in [5.41, 5.74) is 3.30. The molecular weight excluding hydrogens is 454 g/mol. The molecule has 0 spiro atoms. The zero-order chi connectivity index (χ0) is 24.5. The van der Waals surface area contributed by atoms with Gasteiger partial charge in [0.25, 0.3) is 0 Å². The Bertz CT molecular complexity index is 1090. The minimum atomic E-state index is -0.0768. The molecule has 1 N–H and O–H groups in total. The fourth-order valence-electron chi connectivity index (χ4n) is 4.42. The lowest BCUT2D eigenvalue weighted by Crippen LogP contribution is -2.38. The van der Waals surface area contributed by atoms with Crippen molar-refractivity contribution in [1.82, 2.24) is 9.80 Å². The molecule has 1 saturated heterocycles. The fourth-order valence-corrected chi connectivity index (χ4v) is 5.47. The van der Waals surface area contributed by atoms with Crippen LogP contribution in [0.5, 0.6) is 0 Å². The lowest BCUT2D eigenvalue weighted by atomic mass is 10.1. The molecule has 1 aliphatic rings. The van der Waals surface area contributed by atoms with Crippen LogP contribution < -0.4 is 5.32 Å². The highest BCUT2D eigenvalue weighted by Crippen LogP contribution is 2.31. The minimum absolute atomic E-state index is 0.0118. The van der Waals surface area contributed by atoms with E-state index in [1.807, 2.05) is 48.5 Å². The van der Waals surface area contributed by atoms with Crippen LogP contribution in [-0.2, 0) is 16.0 Å². The van der Waals surface area contributed by atoms with Crippen LogP contribution in [0.2, 0.25) is 0 Å². The molecule has 0 radical (unpaired) electrons. The van der Waals surface area contributed by atoms with Gasteiger partial charge < -0.3 is 15.1 Å². The molecule has 1 heterocycles. The van der Waals surface area contributed by atoms with Gasteiger partial charge in [0.15, 0.2) is 0 Å². The van der Waals surface area contributed by atoms with Gasteiger partial charge in [-0.3, -0.25) is 9.59 Å². The van der Waals surface area contributed by atoms with Crippen LogP contribution in [0.25, 0.3) is 0 Å². The van der Waals surface area contributed by atoms with Crippen LogP contribution in [0, 0.1) is 0 Å². The second kappa shape index (κ2) is 12.6. The van der Waals surface area contributed by atoms with Gasteiger partial charge >= 0.3 is 0 Å². The molecule has 6 heteroatoms. The third kappa shape index (κ3) is 7.44. The predicted molar refractivity (Wildman–Crippen MR) is 144 cm³/mol. The predicted octanol–water partition coefficient (Wildman–Crippen LogP) is 5.26. The number of thioether (sulfide) groups is 1. The maximum absolute atomic E-state index is 13.3. The first-order valence-corrected chi connectivity index (χ1v) is 13.2. The number of rotatable bonds is 9. The smallest absolute Gasteiger partial charge is 0.224 e. The molecule has 182 valence electrons. The van der Waals surface area contributed by atoms with Gasteiger partial charge in [0.1, 0.15) is 0 Å². The molecule has 4 rings (SSSR count). The summed E-state index contributed by atoms with van der Waals surface area (Å²) in [5, 5.41) is 2.81. The van der Waals surface area contributed by atoms with Gasteiger partial charge in [-0.2, -0.15) is 0 Å². The highest BCUT2D eigenvalue weighted by molar-refractivity contribution is 7.99. The standard InChI is InChI=1S/C29H33N3O2S/c1-23(33)30-26-12-14-27(15-13-26)35-22-28(25-10-6-3-7-11-25)32-21-20-31(19-17-29(32)34)18-16-24-8-4-2-5-9-24/h2-15,28H,16-22H2,1H3,(H,30,33)/t28-/m0/s1. The van der Waals surface area contributed by atoms with Gasteiger partial charge in [-0.05, 0) is 41.8 Å². The number of carbonyl (C=O) groups is 2. The van der Waals surface area contributed by atoms with Crippen LogP contribution in [-0.4, -0.2) is 53.5 Å². The normalized spacial score (nSPS) is 15.5. The van der Waals surface area contributed by atoms with E-state index in [0.29, 0.717) is 6.42 Å². The van der Waals surface area contributed by atoms with Gasteiger partial charge in [0, 0.05) is 55.9 Å². The molecule has 0 aliphatic carbocycles. The largest absolute Gasteiger partial charge is 0.333 e. The number of nitrogens with zero attached hydrogens (tertiary/aromatic N) is 2. The van der Waals surface area contributed by atoms with Crippen molar-refractivity contribution in [3.8, 4) is 0 Å². The molecule has 3 aromatic rings. The second-order valence-corrected chi connectivity index (χ2v) is 9.95. The van der Waals surface area contributed by atoms with Crippen molar-refractivity contribution in [3.05, 3.63) is 96.1 Å². The number of carbonyl (C=O) groups excluding carboxylic acids is 2. The number of nitrogens with one attached hydrogen (secondary N) is 1. The monoisotopic (exact) mass is 487 g/mol. The van der Waals surface area contributed by atoms with Crippen molar-refractivity contribution >= 4 is 29.3 Å². The summed E-state index contributed by atoms with van der Waals surface area (Å²) in [4.78, 5) is 30.2. The molecular formula is C29H33N3O2S. The van der Waals surface area contributed by atoms with Gasteiger partial charge in [-0.15, -0.1) is 11.8 Å². The Hall–Kier alpha value is -3.09. The zero-order valence-electron chi connectivity index (χ0n) is 20.2. The maximum Gasteiger partial charge on any atom is 0.224 e. The van der Waals surface area contributed by atoms with E-state index < -0.39 is 0 Å². The zero-order valence-corrected chi connectivity index (χ0v) is 21.0. The number of hydrogen-bond acceptors (Lipinski definition) is 4. The van der Waals surface area contributed by atoms with E-state index in [1.165, 1.54) is 18.1 Å². The summed E-state index contributed by atoms with van der Waals surface area (Å²) < 4.78 is 0.